The Morgan fingerprint density at radius 3 is 3.00 bits per heavy atom. The maximum absolute atomic E-state index is 5.85. The van der Waals surface area contributed by atoms with Crippen molar-refractivity contribution in [3.8, 4) is 17.2 Å². The Hall–Kier alpha value is -1.79. The molecule has 2 heterocycles. The summed E-state index contributed by atoms with van der Waals surface area (Å²) in [5.41, 5.74) is 2.37. The second kappa shape index (κ2) is 5.07. The Labute approximate surface area is 114 Å². The van der Waals surface area contributed by atoms with Gasteiger partial charge in [-0.2, -0.15) is 0 Å². The zero-order valence-corrected chi connectivity index (χ0v) is 11.1. The van der Waals surface area contributed by atoms with Crippen LogP contribution < -0.4 is 9.47 Å². The zero-order valence-electron chi connectivity index (χ0n) is 10.3. The predicted molar refractivity (Wildman–Crippen MR) is 67.8 cm³/mol. The highest BCUT2D eigenvalue weighted by Gasteiger charge is 2.17. The largest absolute Gasteiger partial charge is 0.454 e. The van der Waals surface area contributed by atoms with Crippen molar-refractivity contribution in [3.05, 3.63) is 29.6 Å². The fraction of sp³-hybridized carbons (Fsp3) is 0.333. The summed E-state index contributed by atoms with van der Waals surface area (Å²) in [4.78, 5) is 0. The second-order valence-electron chi connectivity index (χ2n) is 4.00. The molecule has 0 aliphatic carbocycles. The molecule has 0 saturated carbocycles. The minimum atomic E-state index is 0.244. The first-order chi connectivity index (χ1) is 9.33. The normalized spacial score (nSPS) is 12.9. The average Bonchev–Trinajstić information content (AvgIpc) is 3.04. The van der Waals surface area contributed by atoms with Crippen LogP contribution in [0.15, 0.2) is 18.2 Å². The molecule has 0 atom stereocenters. The fourth-order valence-electron chi connectivity index (χ4n) is 1.94. The van der Waals surface area contributed by atoms with E-state index in [1.165, 1.54) is 0 Å². The van der Waals surface area contributed by atoms with Gasteiger partial charge in [-0.25, -0.2) is 4.68 Å². The van der Waals surface area contributed by atoms with Crippen LogP contribution in [0.2, 0.25) is 0 Å². The molecule has 0 spiro atoms. The van der Waals surface area contributed by atoms with Gasteiger partial charge < -0.3 is 14.2 Å². The van der Waals surface area contributed by atoms with Gasteiger partial charge in [0.05, 0.1) is 23.9 Å². The van der Waals surface area contributed by atoms with Gasteiger partial charge in [-0.1, -0.05) is 5.21 Å². The molecule has 0 N–H and O–H groups in total. The fourth-order valence-corrected chi connectivity index (χ4v) is 2.15. The van der Waals surface area contributed by atoms with Crippen LogP contribution in [0.25, 0.3) is 5.69 Å². The molecule has 2 aromatic rings. The van der Waals surface area contributed by atoms with Gasteiger partial charge >= 0.3 is 0 Å². The Bertz CT molecular complexity index is 600. The Morgan fingerprint density at radius 1 is 1.37 bits per heavy atom. The van der Waals surface area contributed by atoms with Gasteiger partial charge in [-0.05, 0) is 12.1 Å². The van der Waals surface area contributed by atoms with E-state index in [2.05, 4.69) is 10.3 Å². The van der Waals surface area contributed by atoms with Crippen molar-refractivity contribution < 1.29 is 14.2 Å². The summed E-state index contributed by atoms with van der Waals surface area (Å²) >= 11 is 5.85. The summed E-state index contributed by atoms with van der Waals surface area (Å²) in [7, 11) is 1.62. The Morgan fingerprint density at radius 2 is 2.21 bits per heavy atom. The number of rotatable bonds is 4. The molecule has 100 valence electrons. The molecule has 0 bridgehead atoms. The molecule has 1 aromatic heterocycles. The molecule has 1 aliphatic rings. The third kappa shape index (κ3) is 2.13. The van der Waals surface area contributed by atoms with Crippen LogP contribution in [0.1, 0.15) is 11.4 Å². The molecule has 7 heteroatoms. The van der Waals surface area contributed by atoms with Crippen LogP contribution in [0, 0.1) is 0 Å². The van der Waals surface area contributed by atoms with E-state index < -0.39 is 0 Å². The molecule has 3 rings (SSSR count). The lowest BCUT2D eigenvalue weighted by Crippen LogP contribution is -2.04. The summed E-state index contributed by atoms with van der Waals surface area (Å²) in [6.07, 6.45) is 0. The van der Waals surface area contributed by atoms with Crippen LogP contribution in [0.4, 0.5) is 0 Å². The van der Waals surface area contributed by atoms with E-state index in [0.717, 1.165) is 17.1 Å². The van der Waals surface area contributed by atoms with Crippen LogP contribution in [-0.4, -0.2) is 28.9 Å². The first-order valence-electron chi connectivity index (χ1n) is 5.72. The van der Waals surface area contributed by atoms with Gasteiger partial charge in [0.2, 0.25) is 6.79 Å². The van der Waals surface area contributed by atoms with Gasteiger partial charge in [-0.3, -0.25) is 0 Å². The van der Waals surface area contributed by atoms with E-state index in [4.69, 9.17) is 25.8 Å². The third-order valence-corrected chi connectivity index (χ3v) is 3.11. The summed E-state index contributed by atoms with van der Waals surface area (Å²) in [6.45, 7) is 0.636. The van der Waals surface area contributed by atoms with E-state index in [1.54, 1.807) is 11.8 Å². The molecular formula is C12H12ClN3O3. The highest BCUT2D eigenvalue weighted by atomic mass is 35.5. The topological polar surface area (TPSA) is 58.4 Å². The number of fused-ring (bicyclic) bond motifs is 1. The third-order valence-electron chi connectivity index (χ3n) is 2.85. The number of aromatic nitrogens is 3. The molecule has 0 fully saturated rings. The van der Waals surface area contributed by atoms with Gasteiger partial charge in [0.1, 0.15) is 5.69 Å². The lowest BCUT2D eigenvalue weighted by atomic mass is 10.2. The van der Waals surface area contributed by atoms with Crippen molar-refractivity contribution in [2.24, 2.45) is 0 Å². The minimum Gasteiger partial charge on any atom is -0.454 e. The van der Waals surface area contributed by atoms with Crippen LogP contribution in [0.3, 0.4) is 0 Å². The molecule has 0 unspecified atom stereocenters. The average molecular weight is 282 g/mol. The number of hydrogen-bond donors (Lipinski definition) is 0. The van der Waals surface area contributed by atoms with Gasteiger partial charge in [-0.15, -0.1) is 16.7 Å². The van der Waals surface area contributed by atoms with Crippen molar-refractivity contribution in [3.63, 3.8) is 0 Å². The summed E-state index contributed by atoms with van der Waals surface area (Å²) < 4.78 is 17.5. The summed E-state index contributed by atoms with van der Waals surface area (Å²) in [5.74, 6) is 1.72. The first-order valence-corrected chi connectivity index (χ1v) is 6.25. The summed E-state index contributed by atoms with van der Waals surface area (Å²) in [5, 5.41) is 8.16. The van der Waals surface area contributed by atoms with Crippen LogP contribution >= 0.6 is 11.6 Å². The molecule has 0 radical (unpaired) electrons. The predicted octanol–water partition coefficient (Wildman–Crippen LogP) is 1.88. The SMILES string of the molecule is COCc1c(CCl)nnn1-c1ccc2c(c1)OCO2. The van der Waals surface area contributed by atoms with Crippen LogP contribution in [-0.2, 0) is 17.2 Å². The van der Waals surface area contributed by atoms with Gasteiger partial charge in [0, 0.05) is 13.2 Å². The van der Waals surface area contributed by atoms with Crippen molar-refractivity contribution in [1.82, 2.24) is 15.0 Å². The summed E-state index contributed by atoms with van der Waals surface area (Å²) in [6, 6.07) is 5.59. The van der Waals surface area contributed by atoms with Crippen LogP contribution in [0.5, 0.6) is 11.5 Å². The number of ether oxygens (including phenoxy) is 3. The second-order valence-corrected chi connectivity index (χ2v) is 4.27. The monoisotopic (exact) mass is 281 g/mol. The number of nitrogens with zero attached hydrogens (tertiary/aromatic N) is 3. The molecule has 0 saturated heterocycles. The smallest absolute Gasteiger partial charge is 0.231 e. The van der Waals surface area contributed by atoms with Crippen molar-refractivity contribution in [2.75, 3.05) is 13.9 Å². The minimum absolute atomic E-state index is 0.244. The lowest BCUT2D eigenvalue weighted by Gasteiger charge is -2.07. The highest BCUT2D eigenvalue weighted by molar-refractivity contribution is 6.16. The van der Waals surface area contributed by atoms with E-state index in [9.17, 15) is 0 Å². The first kappa shape index (κ1) is 12.3. The molecule has 19 heavy (non-hydrogen) atoms. The number of benzene rings is 1. The lowest BCUT2D eigenvalue weighted by molar-refractivity contribution is 0.174. The Balaban J connectivity index is 2.04. The molecule has 1 aromatic carbocycles. The molecular weight excluding hydrogens is 270 g/mol. The van der Waals surface area contributed by atoms with Gasteiger partial charge in [0.25, 0.3) is 0 Å². The van der Waals surface area contributed by atoms with E-state index in [0.29, 0.717) is 23.9 Å². The number of hydrogen-bond acceptors (Lipinski definition) is 5. The van der Waals surface area contributed by atoms with E-state index in [1.807, 2.05) is 18.2 Å². The Kier molecular flexibility index (Phi) is 3.27. The molecule has 1 aliphatic heterocycles. The van der Waals surface area contributed by atoms with E-state index >= 15 is 0 Å². The highest BCUT2D eigenvalue weighted by Crippen LogP contribution is 2.33. The zero-order chi connectivity index (χ0) is 13.2. The van der Waals surface area contributed by atoms with Crippen molar-refractivity contribution >= 4 is 11.6 Å². The maximum atomic E-state index is 5.85. The van der Waals surface area contributed by atoms with Crippen molar-refractivity contribution in [1.29, 1.82) is 0 Å². The number of halogens is 1. The maximum Gasteiger partial charge on any atom is 0.231 e. The standard InChI is InChI=1S/C12H12ClN3O3/c1-17-6-10-9(5-13)14-15-16(10)8-2-3-11-12(4-8)19-7-18-11/h2-4H,5-7H2,1H3. The molecule has 6 nitrogen and oxygen atoms in total. The number of methoxy groups -OCH3 is 1. The molecule has 0 amide bonds. The quantitative estimate of drug-likeness (QED) is 0.801. The van der Waals surface area contributed by atoms with E-state index in [-0.39, 0.29) is 6.79 Å². The number of alkyl halides is 1. The van der Waals surface area contributed by atoms with Crippen molar-refractivity contribution in [2.45, 2.75) is 12.5 Å². The van der Waals surface area contributed by atoms with Gasteiger partial charge in [0.15, 0.2) is 11.5 Å².